The van der Waals surface area contributed by atoms with Crippen LogP contribution in [0.5, 0.6) is 0 Å². The minimum atomic E-state index is -0.811. The van der Waals surface area contributed by atoms with Crippen molar-refractivity contribution < 1.29 is 23.5 Å². The molecule has 2 aromatic rings. The van der Waals surface area contributed by atoms with Crippen LogP contribution in [0.3, 0.4) is 0 Å². The van der Waals surface area contributed by atoms with Gasteiger partial charge in [-0.05, 0) is 39.0 Å². The Labute approximate surface area is 155 Å². The van der Waals surface area contributed by atoms with Gasteiger partial charge in [-0.1, -0.05) is 0 Å². The van der Waals surface area contributed by atoms with E-state index in [1.807, 2.05) is 6.07 Å². The number of aromatic nitrogens is 1. The molecule has 3 N–H and O–H groups in total. The number of anilines is 2. The van der Waals surface area contributed by atoms with Crippen molar-refractivity contribution in [3.8, 4) is 11.8 Å². The predicted molar refractivity (Wildman–Crippen MR) is 96.1 cm³/mol. The van der Waals surface area contributed by atoms with E-state index in [9.17, 15) is 19.2 Å². The Bertz CT molecular complexity index is 938. The second kappa shape index (κ2) is 7.37. The van der Waals surface area contributed by atoms with Gasteiger partial charge in [-0.25, -0.2) is 14.0 Å². The second-order valence-electron chi connectivity index (χ2n) is 6.57. The SMILES string of the molecule is COC(=O)c1c(N)c(C#N)cn1-c1ccc(F)cc1NC(=O)OC(C)(C)C. The van der Waals surface area contributed by atoms with Gasteiger partial charge in [0.1, 0.15) is 17.5 Å². The minimum absolute atomic E-state index is 0.0221. The summed E-state index contributed by atoms with van der Waals surface area (Å²) in [5, 5.41) is 11.6. The Hall–Kier alpha value is -3.54. The third-order valence-electron chi connectivity index (χ3n) is 3.40. The number of nitriles is 1. The molecule has 0 atom stereocenters. The number of nitrogen functional groups attached to an aromatic ring is 1. The molecule has 0 aliphatic carbocycles. The van der Waals surface area contributed by atoms with Crippen LogP contribution in [0.4, 0.5) is 20.6 Å². The first-order valence-corrected chi connectivity index (χ1v) is 7.86. The number of ether oxygens (including phenoxy) is 2. The molecule has 0 spiro atoms. The van der Waals surface area contributed by atoms with E-state index in [1.165, 1.54) is 16.8 Å². The molecule has 0 saturated heterocycles. The molecule has 1 amide bonds. The van der Waals surface area contributed by atoms with Crippen molar-refractivity contribution in [2.45, 2.75) is 26.4 Å². The van der Waals surface area contributed by atoms with Crippen molar-refractivity contribution in [3.05, 3.63) is 41.5 Å². The monoisotopic (exact) mass is 374 g/mol. The van der Waals surface area contributed by atoms with Gasteiger partial charge in [0.2, 0.25) is 0 Å². The van der Waals surface area contributed by atoms with Crippen molar-refractivity contribution in [3.63, 3.8) is 0 Å². The van der Waals surface area contributed by atoms with Crippen LogP contribution in [0, 0.1) is 17.1 Å². The molecule has 0 fully saturated rings. The van der Waals surface area contributed by atoms with Gasteiger partial charge in [0.15, 0.2) is 5.69 Å². The average Bonchev–Trinajstić information content (AvgIpc) is 2.89. The van der Waals surface area contributed by atoms with Gasteiger partial charge in [-0.3, -0.25) is 5.32 Å². The number of methoxy groups -OCH3 is 1. The number of rotatable bonds is 3. The van der Waals surface area contributed by atoms with Gasteiger partial charge in [0.05, 0.1) is 29.7 Å². The Morgan fingerprint density at radius 3 is 2.56 bits per heavy atom. The zero-order valence-electron chi connectivity index (χ0n) is 15.3. The number of carbonyl (C=O) groups is 2. The van der Waals surface area contributed by atoms with Crippen LogP contribution in [0.15, 0.2) is 24.4 Å². The van der Waals surface area contributed by atoms with Crippen LogP contribution in [0.25, 0.3) is 5.69 Å². The highest BCUT2D eigenvalue weighted by molar-refractivity contribution is 5.97. The van der Waals surface area contributed by atoms with Crippen molar-refractivity contribution >= 4 is 23.4 Å². The lowest BCUT2D eigenvalue weighted by molar-refractivity contribution is 0.0591. The molecule has 0 saturated carbocycles. The van der Waals surface area contributed by atoms with E-state index >= 15 is 0 Å². The molecule has 0 aliphatic heterocycles. The number of hydrogen-bond acceptors (Lipinski definition) is 6. The summed E-state index contributed by atoms with van der Waals surface area (Å²) in [6.45, 7) is 5.04. The molecule has 0 unspecified atom stereocenters. The van der Waals surface area contributed by atoms with Gasteiger partial charge in [-0.15, -0.1) is 0 Å². The van der Waals surface area contributed by atoms with E-state index in [4.69, 9.17) is 15.2 Å². The first-order chi connectivity index (χ1) is 12.6. The minimum Gasteiger partial charge on any atom is -0.464 e. The Morgan fingerprint density at radius 2 is 2.00 bits per heavy atom. The van der Waals surface area contributed by atoms with Gasteiger partial charge in [0, 0.05) is 6.20 Å². The molecule has 142 valence electrons. The maximum Gasteiger partial charge on any atom is 0.412 e. The summed E-state index contributed by atoms with van der Waals surface area (Å²) in [4.78, 5) is 24.2. The van der Waals surface area contributed by atoms with E-state index < -0.39 is 23.5 Å². The quantitative estimate of drug-likeness (QED) is 0.796. The zero-order valence-corrected chi connectivity index (χ0v) is 15.3. The number of nitrogens with one attached hydrogen (secondary N) is 1. The zero-order chi connectivity index (χ0) is 20.4. The summed E-state index contributed by atoms with van der Waals surface area (Å²) in [5.74, 6) is -1.41. The molecule has 0 aliphatic rings. The third-order valence-corrected chi connectivity index (χ3v) is 3.40. The summed E-state index contributed by atoms with van der Waals surface area (Å²) in [6, 6.07) is 5.39. The highest BCUT2D eigenvalue weighted by Gasteiger charge is 2.24. The van der Waals surface area contributed by atoms with Gasteiger partial charge < -0.3 is 19.8 Å². The maximum absolute atomic E-state index is 13.8. The molecular weight excluding hydrogens is 355 g/mol. The van der Waals surface area contributed by atoms with E-state index in [0.717, 1.165) is 19.2 Å². The first kappa shape index (κ1) is 19.8. The molecule has 1 heterocycles. The lowest BCUT2D eigenvalue weighted by atomic mass is 10.2. The standard InChI is InChI=1S/C18H19FN4O4/c1-18(2,3)27-17(25)22-12-7-11(19)5-6-13(12)23-9-10(8-20)14(21)15(23)16(24)26-4/h5-7,9H,21H2,1-4H3,(H,22,25). The Kier molecular flexibility index (Phi) is 5.40. The normalized spacial score (nSPS) is 10.8. The second-order valence-corrected chi connectivity index (χ2v) is 6.57. The molecule has 8 nitrogen and oxygen atoms in total. The van der Waals surface area contributed by atoms with Gasteiger partial charge in [0.25, 0.3) is 0 Å². The molecular formula is C18H19FN4O4. The van der Waals surface area contributed by atoms with Crippen LogP contribution in [0.2, 0.25) is 0 Å². The highest BCUT2D eigenvalue weighted by atomic mass is 19.1. The van der Waals surface area contributed by atoms with Gasteiger partial charge >= 0.3 is 12.1 Å². The molecule has 1 aromatic carbocycles. The predicted octanol–water partition coefficient (Wildman–Crippen LogP) is 3.20. The molecule has 1 aromatic heterocycles. The number of benzene rings is 1. The number of esters is 1. The molecule has 0 radical (unpaired) electrons. The smallest absolute Gasteiger partial charge is 0.412 e. The van der Waals surface area contributed by atoms with Crippen LogP contribution >= 0.6 is 0 Å². The van der Waals surface area contributed by atoms with Crippen molar-refractivity contribution in [1.82, 2.24) is 4.57 Å². The van der Waals surface area contributed by atoms with E-state index in [-0.39, 0.29) is 28.3 Å². The average molecular weight is 374 g/mol. The van der Waals surface area contributed by atoms with Gasteiger partial charge in [-0.2, -0.15) is 5.26 Å². The molecule has 9 heteroatoms. The van der Waals surface area contributed by atoms with Crippen LogP contribution in [-0.2, 0) is 9.47 Å². The first-order valence-electron chi connectivity index (χ1n) is 7.86. The third kappa shape index (κ3) is 4.36. The summed E-state index contributed by atoms with van der Waals surface area (Å²) in [7, 11) is 1.16. The van der Waals surface area contributed by atoms with Crippen molar-refractivity contribution in [1.29, 1.82) is 5.26 Å². The number of amides is 1. The number of nitrogens with two attached hydrogens (primary N) is 1. The highest BCUT2D eigenvalue weighted by Crippen LogP contribution is 2.29. The van der Waals surface area contributed by atoms with Crippen LogP contribution in [-0.4, -0.2) is 29.3 Å². The summed E-state index contributed by atoms with van der Waals surface area (Å²) >= 11 is 0. The molecule has 0 bridgehead atoms. The summed E-state index contributed by atoms with van der Waals surface area (Å²) in [5.41, 5.74) is 5.15. The molecule has 27 heavy (non-hydrogen) atoms. The number of hydrogen-bond donors (Lipinski definition) is 2. The van der Waals surface area contributed by atoms with E-state index in [1.54, 1.807) is 20.8 Å². The largest absolute Gasteiger partial charge is 0.464 e. The van der Waals surface area contributed by atoms with Crippen LogP contribution < -0.4 is 11.1 Å². The topological polar surface area (TPSA) is 119 Å². The number of nitrogens with zero attached hydrogens (tertiary/aromatic N) is 2. The van der Waals surface area contributed by atoms with Crippen LogP contribution in [0.1, 0.15) is 36.8 Å². The van der Waals surface area contributed by atoms with E-state index in [0.29, 0.717) is 0 Å². The Balaban J connectivity index is 2.59. The summed E-state index contributed by atoms with van der Waals surface area (Å²) < 4.78 is 24.9. The fraction of sp³-hybridized carbons (Fsp3) is 0.278. The fourth-order valence-electron chi connectivity index (χ4n) is 2.34. The van der Waals surface area contributed by atoms with Crippen molar-refractivity contribution in [2.75, 3.05) is 18.2 Å². The lowest BCUT2D eigenvalue weighted by Gasteiger charge is -2.21. The number of halogens is 1. The Morgan fingerprint density at radius 1 is 1.33 bits per heavy atom. The summed E-state index contributed by atoms with van der Waals surface area (Å²) in [6.07, 6.45) is 0.490. The van der Waals surface area contributed by atoms with Crippen molar-refractivity contribution in [2.24, 2.45) is 0 Å². The maximum atomic E-state index is 13.8. The lowest BCUT2D eigenvalue weighted by Crippen LogP contribution is -2.27. The molecule has 2 rings (SSSR count). The fourth-order valence-corrected chi connectivity index (χ4v) is 2.34. The van der Waals surface area contributed by atoms with E-state index in [2.05, 4.69) is 5.32 Å². The number of carbonyl (C=O) groups excluding carboxylic acids is 2.